The van der Waals surface area contributed by atoms with Crippen molar-refractivity contribution in [3.8, 4) is 0 Å². The Labute approximate surface area is 104 Å². The van der Waals surface area contributed by atoms with Crippen molar-refractivity contribution in [1.82, 2.24) is 10.6 Å². The molecule has 0 spiro atoms. The fraction of sp³-hybridized carbons (Fsp3) is 0.600. The maximum absolute atomic E-state index is 11.4. The molecule has 8 heteroatoms. The molecule has 0 heterocycles. The average Bonchev–Trinajstić information content (AvgIpc) is 2.34. The lowest BCUT2D eigenvalue weighted by atomic mass is 10.2. The van der Waals surface area contributed by atoms with Crippen LogP contribution < -0.4 is 10.6 Å². The molecule has 0 aromatic rings. The van der Waals surface area contributed by atoms with Gasteiger partial charge in [-0.2, -0.15) is 0 Å². The van der Waals surface area contributed by atoms with Crippen LogP contribution in [-0.2, 0) is 28.7 Å². The lowest BCUT2D eigenvalue weighted by molar-refractivity contribution is -0.150. The number of carbonyl (C=O) groups excluding carboxylic acids is 4. The number of carbonyl (C=O) groups is 4. The Hall–Kier alpha value is -2.12. The monoisotopic (exact) mass is 260 g/mol. The molecule has 2 amide bonds. The number of ether oxygens (including phenoxy) is 2. The zero-order valence-corrected chi connectivity index (χ0v) is 10.4. The van der Waals surface area contributed by atoms with Crippen molar-refractivity contribution < 1.29 is 28.7 Å². The lowest BCUT2D eigenvalue weighted by Crippen LogP contribution is -2.46. The highest BCUT2D eigenvalue weighted by Crippen LogP contribution is 1.97. The molecule has 0 aromatic heterocycles. The topological polar surface area (TPSA) is 111 Å². The Morgan fingerprint density at radius 2 is 1.72 bits per heavy atom. The number of esters is 2. The van der Waals surface area contributed by atoms with Crippen molar-refractivity contribution in [3.05, 3.63) is 0 Å². The predicted molar refractivity (Wildman–Crippen MR) is 59.3 cm³/mol. The minimum atomic E-state index is -1.14. The molecule has 0 radical (unpaired) electrons. The number of hydrogen-bond acceptors (Lipinski definition) is 6. The zero-order chi connectivity index (χ0) is 14.1. The van der Waals surface area contributed by atoms with E-state index in [4.69, 9.17) is 0 Å². The van der Waals surface area contributed by atoms with Crippen LogP contribution in [0, 0.1) is 0 Å². The summed E-state index contributed by atoms with van der Waals surface area (Å²) >= 11 is 0. The quantitative estimate of drug-likeness (QED) is 0.553. The van der Waals surface area contributed by atoms with Gasteiger partial charge in [-0.05, 0) is 0 Å². The SMILES string of the molecule is COC(=O)C[C@H](NC(=O)CNC(C)=O)C(=O)OC. The molecule has 2 N–H and O–H groups in total. The predicted octanol–water partition coefficient (Wildman–Crippen LogP) is -1.66. The van der Waals surface area contributed by atoms with Gasteiger partial charge in [0.25, 0.3) is 0 Å². The molecule has 0 unspecified atom stereocenters. The number of rotatable bonds is 6. The van der Waals surface area contributed by atoms with Gasteiger partial charge in [0.1, 0.15) is 6.04 Å². The largest absolute Gasteiger partial charge is 0.469 e. The van der Waals surface area contributed by atoms with E-state index in [-0.39, 0.29) is 18.9 Å². The molecule has 0 aliphatic rings. The van der Waals surface area contributed by atoms with E-state index in [0.717, 1.165) is 14.2 Å². The van der Waals surface area contributed by atoms with Crippen LogP contribution in [0.4, 0.5) is 0 Å². The molecule has 0 aliphatic heterocycles. The van der Waals surface area contributed by atoms with E-state index in [2.05, 4.69) is 20.1 Å². The first-order chi connectivity index (χ1) is 8.40. The molecular formula is C10H16N2O6. The molecule has 102 valence electrons. The summed E-state index contributed by atoms with van der Waals surface area (Å²) in [4.78, 5) is 44.3. The van der Waals surface area contributed by atoms with E-state index in [1.807, 2.05) is 0 Å². The summed E-state index contributed by atoms with van der Waals surface area (Å²) in [7, 11) is 2.29. The van der Waals surface area contributed by atoms with Crippen LogP contribution in [0.5, 0.6) is 0 Å². The minimum Gasteiger partial charge on any atom is -0.469 e. The van der Waals surface area contributed by atoms with E-state index in [9.17, 15) is 19.2 Å². The van der Waals surface area contributed by atoms with Crippen molar-refractivity contribution in [2.45, 2.75) is 19.4 Å². The highest BCUT2D eigenvalue weighted by atomic mass is 16.5. The fourth-order valence-electron chi connectivity index (χ4n) is 1.04. The lowest BCUT2D eigenvalue weighted by Gasteiger charge is -2.15. The normalized spacial score (nSPS) is 11.1. The molecule has 0 saturated carbocycles. The Morgan fingerprint density at radius 1 is 1.11 bits per heavy atom. The van der Waals surface area contributed by atoms with Crippen molar-refractivity contribution in [3.63, 3.8) is 0 Å². The van der Waals surface area contributed by atoms with Crippen LogP contribution in [0.3, 0.4) is 0 Å². The molecule has 0 fully saturated rings. The molecule has 0 bridgehead atoms. The van der Waals surface area contributed by atoms with Crippen LogP contribution in [0.25, 0.3) is 0 Å². The first-order valence-corrected chi connectivity index (χ1v) is 5.09. The molecule has 18 heavy (non-hydrogen) atoms. The van der Waals surface area contributed by atoms with Gasteiger partial charge >= 0.3 is 11.9 Å². The van der Waals surface area contributed by atoms with Crippen molar-refractivity contribution in [2.75, 3.05) is 20.8 Å². The van der Waals surface area contributed by atoms with E-state index in [1.54, 1.807) is 0 Å². The van der Waals surface area contributed by atoms with Gasteiger partial charge in [0, 0.05) is 6.92 Å². The molecule has 0 rings (SSSR count). The smallest absolute Gasteiger partial charge is 0.328 e. The zero-order valence-electron chi connectivity index (χ0n) is 10.4. The summed E-state index contributed by atoms with van der Waals surface area (Å²) < 4.78 is 8.82. The molecular weight excluding hydrogens is 244 g/mol. The third-order valence-electron chi connectivity index (χ3n) is 1.92. The second-order valence-electron chi connectivity index (χ2n) is 3.33. The van der Waals surface area contributed by atoms with Gasteiger partial charge in [0.2, 0.25) is 11.8 Å². The third-order valence-corrected chi connectivity index (χ3v) is 1.92. The Kier molecular flexibility index (Phi) is 7.10. The Balaban J connectivity index is 4.40. The Morgan fingerprint density at radius 3 is 2.17 bits per heavy atom. The number of hydrogen-bond donors (Lipinski definition) is 2. The molecule has 0 saturated heterocycles. The third kappa shape index (κ3) is 6.46. The second kappa shape index (κ2) is 8.04. The summed E-state index contributed by atoms with van der Waals surface area (Å²) in [6, 6.07) is -1.14. The fourth-order valence-corrected chi connectivity index (χ4v) is 1.04. The van der Waals surface area contributed by atoms with Gasteiger partial charge in [0.15, 0.2) is 0 Å². The highest BCUT2D eigenvalue weighted by Gasteiger charge is 2.24. The first kappa shape index (κ1) is 15.9. The van der Waals surface area contributed by atoms with Crippen molar-refractivity contribution >= 4 is 23.8 Å². The van der Waals surface area contributed by atoms with Gasteiger partial charge < -0.3 is 20.1 Å². The molecule has 8 nitrogen and oxygen atoms in total. The summed E-state index contributed by atoms with van der Waals surface area (Å²) in [5.41, 5.74) is 0. The maximum atomic E-state index is 11.4. The van der Waals surface area contributed by atoms with E-state index < -0.39 is 23.9 Å². The molecule has 0 aliphatic carbocycles. The second-order valence-corrected chi connectivity index (χ2v) is 3.33. The number of amides is 2. The first-order valence-electron chi connectivity index (χ1n) is 5.09. The average molecular weight is 260 g/mol. The number of nitrogens with one attached hydrogen (secondary N) is 2. The van der Waals surface area contributed by atoms with Gasteiger partial charge in [-0.25, -0.2) is 4.79 Å². The number of methoxy groups -OCH3 is 2. The van der Waals surface area contributed by atoms with Crippen LogP contribution in [-0.4, -0.2) is 50.6 Å². The van der Waals surface area contributed by atoms with Gasteiger partial charge in [-0.3, -0.25) is 14.4 Å². The highest BCUT2D eigenvalue weighted by molar-refractivity contribution is 5.90. The van der Waals surface area contributed by atoms with Crippen LogP contribution in [0.1, 0.15) is 13.3 Å². The summed E-state index contributed by atoms with van der Waals surface area (Å²) in [5.74, 6) is -2.42. The van der Waals surface area contributed by atoms with E-state index in [1.165, 1.54) is 6.92 Å². The molecule has 0 aromatic carbocycles. The van der Waals surface area contributed by atoms with Crippen molar-refractivity contribution in [1.29, 1.82) is 0 Å². The summed E-state index contributed by atoms with van der Waals surface area (Å²) in [6.45, 7) is 0.962. The van der Waals surface area contributed by atoms with Gasteiger partial charge in [0.05, 0.1) is 27.2 Å². The Bertz CT molecular complexity index is 341. The maximum Gasteiger partial charge on any atom is 0.328 e. The van der Waals surface area contributed by atoms with Crippen LogP contribution in [0.15, 0.2) is 0 Å². The molecule has 1 atom stereocenters. The van der Waals surface area contributed by atoms with E-state index in [0.29, 0.717) is 0 Å². The van der Waals surface area contributed by atoms with Crippen molar-refractivity contribution in [2.24, 2.45) is 0 Å². The standard InChI is InChI=1S/C10H16N2O6/c1-6(13)11-5-8(14)12-7(10(16)18-3)4-9(15)17-2/h7H,4-5H2,1-3H3,(H,11,13)(H,12,14)/t7-/m0/s1. The van der Waals surface area contributed by atoms with Gasteiger partial charge in [-0.1, -0.05) is 0 Å². The van der Waals surface area contributed by atoms with Gasteiger partial charge in [-0.15, -0.1) is 0 Å². The summed E-state index contributed by atoms with van der Waals surface area (Å²) in [6.07, 6.45) is -0.338. The minimum absolute atomic E-state index is 0.288. The summed E-state index contributed by atoms with van der Waals surface area (Å²) in [5, 5.41) is 4.51. The van der Waals surface area contributed by atoms with Crippen LogP contribution >= 0.6 is 0 Å². The van der Waals surface area contributed by atoms with E-state index >= 15 is 0 Å². The van der Waals surface area contributed by atoms with Crippen LogP contribution in [0.2, 0.25) is 0 Å².